The summed E-state index contributed by atoms with van der Waals surface area (Å²) in [4.78, 5) is 17.7. The third-order valence-corrected chi connectivity index (χ3v) is 6.67. The molecule has 3 aromatic rings. The number of benzene rings is 2. The summed E-state index contributed by atoms with van der Waals surface area (Å²) in [6.07, 6.45) is 0. The first-order valence-corrected chi connectivity index (χ1v) is 11.1. The maximum Gasteiger partial charge on any atom is 0.289 e. The van der Waals surface area contributed by atoms with Gasteiger partial charge in [-0.1, -0.05) is 36.4 Å². The van der Waals surface area contributed by atoms with Gasteiger partial charge in [0.1, 0.15) is 5.76 Å². The Bertz CT molecular complexity index is 1010. The molecule has 4 rings (SSSR count). The Kier molecular flexibility index (Phi) is 5.81. The molecule has 1 aromatic heterocycles. The van der Waals surface area contributed by atoms with Gasteiger partial charge in [-0.25, -0.2) is 0 Å². The van der Waals surface area contributed by atoms with Gasteiger partial charge < -0.3 is 14.2 Å². The fourth-order valence-corrected chi connectivity index (χ4v) is 4.78. The van der Waals surface area contributed by atoms with Gasteiger partial charge in [0, 0.05) is 36.8 Å². The summed E-state index contributed by atoms with van der Waals surface area (Å²) < 4.78 is 18.4. The minimum atomic E-state index is -1.20. The van der Waals surface area contributed by atoms with Crippen molar-refractivity contribution in [3.05, 3.63) is 83.8 Å². The molecule has 150 valence electrons. The number of rotatable bonds is 5. The van der Waals surface area contributed by atoms with E-state index in [9.17, 15) is 9.00 Å². The first kappa shape index (κ1) is 19.5. The zero-order valence-corrected chi connectivity index (χ0v) is 17.2. The standard InChI is InChI=1S/C23H24N2O3S/c1-18-7-5-6-10-22(18)29(27)17-20-11-12-21(28-20)23(26)25-15-13-24(14-16-25)19-8-3-2-4-9-19/h2-12H,13-17H2,1H3/t29-/m0/s1. The zero-order valence-electron chi connectivity index (χ0n) is 16.4. The van der Waals surface area contributed by atoms with Crippen molar-refractivity contribution in [2.24, 2.45) is 0 Å². The van der Waals surface area contributed by atoms with Crippen LogP contribution in [0.1, 0.15) is 21.9 Å². The molecule has 0 N–H and O–H groups in total. The summed E-state index contributed by atoms with van der Waals surface area (Å²) in [6, 6.07) is 21.3. The van der Waals surface area contributed by atoms with Crippen LogP contribution in [0.3, 0.4) is 0 Å². The Hall–Kier alpha value is -2.86. The van der Waals surface area contributed by atoms with Crippen molar-refractivity contribution in [3.8, 4) is 0 Å². The van der Waals surface area contributed by atoms with Gasteiger partial charge in [-0.2, -0.15) is 0 Å². The Morgan fingerprint density at radius 1 is 0.931 bits per heavy atom. The number of carbonyl (C=O) groups is 1. The summed E-state index contributed by atoms with van der Waals surface area (Å²) >= 11 is 0. The van der Waals surface area contributed by atoms with Gasteiger partial charge in [0.15, 0.2) is 5.76 Å². The van der Waals surface area contributed by atoms with Crippen LogP contribution in [0.5, 0.6) is 0 Å². The summed E-state index contributed by atoms with van der Waals surface area (Å²) in [7, 11) is -1.20. The van der Waals surface area contributed by atoms with Crippen LogP contribution in [-0.2, 0) is 16.6 Å². The monoisotopic (exact) mass is 408 g/mol. The number of furan rings is 1. The lowest BCUT2D eigenvalue weighted by atomic mass is 10.2. The number of nitrogens with zero attached hydrogens (tertiary/aromatic N) is 2. The van der Waals surface area contributed by atoms with Crippen LogP contribution in [0.4, 0.5) is 5.69 Å². The van der Waals surface area contributed by atoms with Gasteiger partial charge in [-0.05, 0) is 42.8 Å². The number of anilines is 1. The van der Waals surface area contributed by atoms with Gasteiger partial charge >= 0.3 is 0 Å². The third-order valence-electron chi connectivity index (χ3n) is 5.17. The van der Waals surface area contributed by atoms with Crippen LogP contribution >= 0.6 is 0 Å². The predicted octanol–water partition coefficient (Wildman–Crippen LogP) is 3.86. The smallest absolute Gasteiger partial charge is 0.289 e. The predicted molar refractivity (Wildman–Crippen MR) is 115 cm³/mol. The summed E-state index contributed by atoms with van der Waals surface area (Å²) in [5.41, 5.74) is 2.17. The lowest BCUT2D eigenvalue weighted by Gasteiger charge is -2.35. The van der Waals surface area contributed by atoms with Crippen molar-refractivity contribution in [3.63, 3.8) is 0 Å². The molecule has 1 fully saturated rings. The van der Waals surface area contributed by atoms with Crippen molar-refractivity contribution in [1.82, 2.24) is 4.90 Å². The molecular weight excluding hydrogens is 384 g/mol. The molecule has 2 heterocycles. The quantitative estimate of drug-likeness (QED) is 0.643. The average molecular weight is 409 g/mol. The van der Waals surface area contributed by atoms with E-state index in [4.69, 9.17) is 4.42 Å². The number of carbonyl (C=O) groups excluding carboxylic acids is 1. The van der Waals surface area contributed by atoms with Crippen LogP contribution in [0.15, 0.2) is 76.0 Å². The van der Waals surface area contributed by atoms with E-state index in [1.54, 1.807) is 12.1 Å². The van der Waals surface area contributed by atoms with E-state index in [1.165, 1.54) is 5.69 Å². The van der Waals surface area contributed by atoms with E-state index in [-0.39, 0.29) is 11.7 Å². The van der Waals surface area contributed by atoms with Crippen molar-refractivity contribution in [1.29, 1.82) is 0 Å². The normalized spacial score (nSPS) is 15.3. The lowest BCUT2D eigenvalue weighted by Crippen LogP contribution is -2.48. The maximum absolute atomic E-state index is 12.8. The van der Waals surface area contributed by atoms with Gasteiger partial charge in [0.2, 0.25) is 0 Å². The number of hydrogen-bond donors (Lipinski definition) is 0. The molecule has 1 aliphatic rings. The molecule has 0 bridgehead atoms. The first-order chi connectivity index (χ1) is 14.1. The SMILES string of the molecule is Cc1ccccc1[S@@](=O)Cc1ccc(C(=O)N2CCN(c3ccccc3)CC2)o1. The van der Waals surface area contributed by atoms with Crippen molar-refractivity contribution in [2.45, 2.75) is 17.6 Å². The Balaban J connectivity index is 1.36. The van der Waals surface area contributed by atoms with E-state index in [2.05, 4.69) is 17.0 Å². The molecule has 2 aromatic carbocycles. The minimum absolute atomic E-state index is 0.106. The highest BCUT2D eigenvalue weighted by atomic mass is 32.2. The molecule has 29 heavy (non-hydrogen) atoms. The molecule has 5 nitrogen and oxygen atoms in total. The second-order valence-corrected chi connectivity index (χ2v) is 8.56. The van der Waals surface area contributed by atoms with E-state index < -0.39 is 10.8 Å². The Morgan fingerprint density at radius 3 is 2.34 bits per heavy atom. The number of piperazine rings is 1. The zero-order chi connectivity index (χ0) is 20.2. The average Bonchev–Trinajstić information content (AvgIpc) is 3.22. The van der Waals surface area contributed by atoms with Crippen LogP contribution in [-0.4, -0.2) is 41.2 Å². The molecule has 0 aliphatic carbocycles. The Morgan fingerprint density at radius 2 is 1.62 bits per heavy atom. The highest BCUT2D eigenvalue weighted by molar-refractivity contribution is 7.84. The third kappa shape index (κ3) is 4.43. The fraction of sp³-hybridized carbons (Fsp3) is 0.261. The summed E-state index contributed by atoms with van der Waals surface area (Å²) in [5.74, 6) is 1.04. The molecule has 1 amide bonds. The molecule has 1 aliphatic heterocycles. The molecule has 1 atom stereocenters. The first-order valence-electron chi connectivity index (χ1n) is 9.74. The maximum atomic E-state index is 12.8. The van der Waals surface area contributed by atoms with Gasteiger partial charge in [-0.3, -0.25) is 9.00 Å². The van der Waals surface area contributed by atoms with Crippen LogP contribution < -0.4 is 4.90 Å². The van der Waals surface area contributed by atoms with E-state index in [0.29, 0.717) is 24.6 Å². The largest absolute Gasteiger partial charge is 0.455 e. The molecule has 1 saturated heterocycles. The molecule has 0 unspecified atom stereocenters. The van der Waals surface area contributed by atoms with Crippen LogP contribution in [0, 0.1) is 6.92 Å². The van der Waals surface area contributed by atoms with E-state index in [0.717, 1.165) is 23.5 Å². The van der Waals surface area contributed by atoms with Crippen LogP contribution in [0.25, 0.3) is 0 Å². The van der Waals surface area contributed by atoms with Crippen LogP contribution in [0.2, 0.25) is 0 Å². The van der Waals surface area contributed by atoms with Crippen molar-refractivity contribution in [2.75, 3.05) is 31.1 Å². The topological polar surface area (TPSA) is 53.8 Å². The van der Waals surface area contributed by atoms with Gasteiger partial charge in [0.25, 0.3) is 5.91 Å². The van der Waals surface area contributed by atoms with Gasteiger partial charge in [0.05, 0.1) is 16.6 Å². The van der Waals surface area contributed by atoms with Crippen molar-refractivity contribution < 1.29 is 13.4 Å². The number of hydrogen-bond acceptors (Lipinski definition) is 4. The molecular formula is C23H24N2O3S. The van der Waals surface area contributed by atoms with E-state index in [1.807, 2.05) is 54.3 Å². The highest BCUT2D eigenvalue weighted by Gasteiger charge is 2.24. The van der Waals surface area contributed by atoms with Crippen molar-refractivity contribution >= 4 is 22.4 Å². The second-order valence-electron chi connectivity index (χ2n) is 7.14. The Labute approximate surface area is 173 Å². The minimum Gasteiger partial charge on any atom is -0.455 e. The summed E-state index contributed by atoms with van der Waals surface area (Å²) in [5, 5.41) is 0. The lowest BCUT2D eigenvalue weighted by molar-refractivity contribution is 0.0713. The molecule has 0 spiro atoms. The number of para-hydroxylation sites is 1. The summed E-state index contributed by atoms with van der Waals surface area (Å²) in [6.45, 7) is 4.83. The molecule has 0 radical (unpaired) electrons. The number of amides is 1. The fourth-order valence-electron chi connectivity index (χ4n) is 3.55. The molecule has 0 saturated carbocycles. The van der Waals surface area contributed by atoms with E-state index >= 15 is 0 Å². The highest BCUT2D eigenvalue weighted by Crippen LogP contribution is 2.20. The van der Waals surface area contributed by atoms with Gasteiger partial charge in [-0.15, -0.1) is 0 Å². The molecule has 6 heteroatoms. The second kappa shape index (κ2) is 8.66. The number of aryl methyl sites for hydroxylation is 1.